The van der Waals surface area contributed by atoms with Gasteiger partial charge in [0.05, 0.1) is 5.56 Å². The van der Waals surface area contributed by atoms with Gasteiger partial charge in [-0.3, -0.25) is 0 Å². The second kappa shape index (κ2) is 3.62. The van der Waals surface area contributed by atoms with Crippen LogP contribution in [0.4, 0.5) is 0 Å². The number of hydrogen-bond acceptors (Lipinski definition) is 1. The molecule has 0 saturated carbocycles. The molecule has 1 aromatic carbocycles. The molecule has 3 nitrogen and oxygen atoms in total. The summed E-state index contributed by atoms with van der Waals surface area (Å²) in [7, 11) is 0. The Morgan fingerprint density at radius 3 is 2.94 bits per heavy atom. The van der Waals surface area contributed by atoms with Gasteiger partial charge >= 0.3 is 5.97 Å². The molecule has 1 N–H and O–H groups in total. The number of rotatable bonds is 2. The molecular weight excluding hydrogens is 214 g/mol. The van der Waals surface area contributed by atoms with Gasteiger partial charge < -0.3 is 9.67 Å². The average molecular weight is 229 g/mol. The van der Waals surface area contributed by atoms with Gasteiger partial charge in [-0.05, 0) is 49.9 Å². The molecule has 0 aliphatic heterocycles. The van der Waals surface area contributed by atoms with Gasteiger partial charge in [0.2, 0.25) is 0 Å². The largest absolute Gasteiger partial charge is 0.478 e. The van der Waals surface area contributed by atoms with Crippen molar-refractivity contribution in [2.24, 2.45) is 0 Å². The van der Waals surface area contributed by atoms with Gasteiger partial charge in [-0.25, -0.2) is 4.79 Å². The Morgan fingerprint density at radius 2 is 2.24 bits per heavy atom. The molecule has 2 aromatic rings. The summed E-state index contributed by atoms with van der Waals surface area (Å²) in [4.78, 5) is 11.0. The number of aromatic carboxylic acids is 1. The molecule has 0 fully saturated rings. The minimum Gasteiger partial charge on any atom is -0.478 e. The van der Waals surface area contributed by atoms with Crippen LogP contribution < -0.4 is 0 Å². The number of aromatic nitrogens is 1. The first-order valence-corrected chi connectivity index (χ1v) is 6.09. The molecule has 88 valence electrons. The van der Waals surface area contributed by atoms with Crippen LogP contribution in [-0.4, -0.2) is 15.6 Å². The highest BCUT2D eigenvalue weighted by atomic mass is 16.4. The van der Waals surface area contributed by atoms with Crippen LogP contribution in [-0.2, 0) is 19.4 Å². The predicted octanol–water partition coefficient (Wildman–Crippen LogP) is 2.85. The first kappa shape index (κ1) is 10.4. The lowest BCUT2D eigenvalue weighted by Gasteiger charge is -2.05. The zero-order chi connectivity index (χ0) is 12.0. The second-order valence-electron chi connectivity index (χ2n) is 4.56. The molecule has 3 rings (SSSR count). The van der Waals surface area contributed by atoms with E-state index in [-0.39, 0.29) is 0 Å². The predicted molar refractivity (Wildman–Crippen MR) is 66.6 cm³/mol. The summed E-state index contributed by atoms with van der Waals surface area (Å²) >= 11 is 0. The van der Waals surface area contributed by atoms with Crippen LogP contribution in [0.3, 0.4) is 0 Å². The smallest absolute Gasteiger partial charge is 0.335 e. The maximum Gasteiger partial charge on any atom is 0.335 e. The average Bonchev–Trinajstić information content (AvgIpc) is 2.87. The van der Waals surface area contributed by atoms with Crippen molar-refractivity contribution in [3.8, 4) is 0 Å². The topological polar surface area (TPSA) is 42.2 Å². The molecule has 0 amide bonds. The van der Waals surface area contributed by atoms with E-state index in [1.165, 1.54) is 23.2 Å². The number of carboxylic acid groups (broad SMARTS) is 1. The molecule has 3 heteroatoms. The summed E-state index contributed by atoms with van der Waals surface area (Å²) in [5.74, 6) is -0.845. The van der Waals surface area contributed by atoms with Gasteiger partial charge in [-0.2, -0.15) is 0 Å². The molecule has 0 unspecified atom stereocenters. The van der Waals surface area contributed by atoms with E-state index in [9.17, 15) is 4.79 Å². The van der Waals surface area contributed by atoms with Crippen molar-refractivity contribution in [1.82, 2.24) is 4.57 Å². The van der Waals surface area contributed by atoms with Crippen molar-refractivity contribution in [3.05, 3.63) is 35.0 Å². The highest BCUT2D eigenvalue weighted by Crippen LogP contribution is 2.33. The summed E-state index contributed by atoms with van der Waals surface area (Å²) in [6, 6.07) is 5.47. The Balaban J connectivity index is 2.33. The van der Waals surface area contributed by atoms with Crippen LogP contribution >= 0.6 is 0 Å². The van der Waals surface area contributed by atoms with Crippen molar-refractivity contribution in [2.75, 3.05) is 0 Å². The molecule has 1 aromatic heterocycles. The number of carbonyl (C=O) groups is 1. The van der Waals surface area contributed by atoms with Gasteiger partial charge in [-0.1, -0.05) is 0 Å². The van der Waals surface area contributed by atoms with Crippen LogP contribution in [0.25, 0.3) is 10.9 Å². The van der Waals surface area contributed by atoms with E-state index < -0.39 is 5.97 Å². The first-order chi connectivity index (χ1) is 8.22. The standard InChI is InChI=1S/C14H15NO2/c1-2-15-12-5-3-4-10(12)11-8-9(14(16)17)6-7-13(11)15/h6-8H,2-5H2,1H3,(H,16,17). The number of nitrogens with zero attached hydrogens (tertiary/aromatic N) is 1. The molecule has 0 saturated heterocycles. The Morgan fingerprint density at radius 1 is 1.41 bits per heavy atom. The fourth-order valence-electron chi connectivity index (χ4n) is 2.97. The minimum absolute atomic E-state index is 0.389. The van der Waals surface area contributed by atoms with Crippen molar-refractivity contribution in [2.45, 2.75) is 32.7 Å². The van der Waals surface area contributed by atoms with Crippen LogP contribution in [0, 0.1) is 0 Å². The van der Waals surface area contributed by atoms with Crippen molar-refractivity contribution < 1.29 is 9.90 Å². The summed E-state index contributed by atoms with van der Waals surface area (Å²) < 4.78 is 2.32. The third kappa shape index (κ3) is 1.38. The van der Waals surface area contributed by atoms with Gasteiger partial charge in [0, 0.05) is 23.1 Å². The Bertz CT molecular complexity index is 610. The summed E-state index contributed by atoms with van der Waals surface area (Å²) in [5, 5.41) is 10.2. The quantitative estimate of drug-likeness (QED) is 0.860. The third-order valence-electron chi connectivity index (χ3n) is 3.69. The molecule has 0 bridgehead atoms. The van der Waals surface area contributed by atoms with Crippen LogP contribution in [0.5, 0.6) is 0 Å². The van der Waals surface area contributed by atoms with E-state index in [2.05, 4.69) is 11.5 Å². The van der Waals surface area contributed by atoms with Crippen molar-refractivity contribution in [3.63, 3.8) is 0 Å². The number of carboxylic acids is 1. The van der Waals surface area contributed by atoms with Crippen LogP contribution in [0.15, 0.2) is 18.2 Å². The van der Waals surface area contributed by atoms with Crippen LogP contribution in [0.1, 0.15) is 35.0 Å². The van der Waals surface area contributed by atoms with E-state index in [0.29, 0.717) is 5.56 Å². The minimum atomic E-state index is -0.845. The molecule has 0 atom stereocenters. The normalized spacial score (nSPS) is 14.2. The molecule has 0 spiro atoms. The van der Waals surface area contributed by atoms with Crippen molar-refractivity contribution in [1.29, 1.82) is 0 Å². The summed E-state index contributed by atoms with van der Waals surface area (Å²) in [5.41, 5.74) is 4.35. The first-order valence-electron chi connectivity index (χ1n) is 6.09. The zero-order valence-electron chi connectivity index (χ0n) is 9.86. The van der Waals surface area contributed by atoms with E-state index in [1.54, 1.807) is 6.07 Å². The highest BCUT2D eigenvalue weighted by molar-refractivity contribution is 5.95. The van der Waals surface area contributed by atoms with E-state index in [1.807, 2.05) is 12.1 Å². The monoisotopic (exact) mass is 229 g/mol. The zero-order valence-corrected chi connectivity index (χ0v) is 9.86. The van der Waals surface area contributed by atoms with E-state index in [4.69, 9.17) is 5.11 Å². The lowest BCUT2D eigenvalue weighted by Crippen LogP contribution is -1.99. The lowest BCUT2D eigenvalue weighted by atomic mass is 10.1. The third-order valence-corrected chi connectivity index (χ3v) is 3.69. The molecule has 17 heavy (non-hydrogen) atoms. The number of aryl methyl sites for hydroxylation is 2. The van der Waals surface area contributed by atoms with E-state index >= 15 is 0 Å². The molecule has 1 heterocycles. The fourth-order valence-corrected chi connectivity index (χ4v) is 2.97. The maximum atomic E-state index is 11.0. The summed E-state index contributed by atoms with van der Waals surface area (Å²) in [6.45, 7) is 3.10. The van der Waals surface area contributed by atoms with Crippen molar-refractivity contribution >= 4 is 16.9 Å². The maximum absolute atomic E-state index is 11.0. The lowest BCUT2D eigenvalue weighted by molar-refractivity contribution is 0.0697. The molecule has 1 aliphatic carbocycles. The van der Waals surface area contributed by atoms with Gasteiger partial charge in [0.25, 0.3) is 0 Å². The Kier molecular flexibility index (Phi) is 2.21. The van der Waals surface area contributed by atoms with Crippen LogP contribution in [0.2, 0.25) is 0 Å². The molecule has 0 radical (unpaired) electrons. The SMILES string of the molecule is CCn1c2c(c3cc(C(=O)O)ccc31)CCC2. The molecular formula is C14H15NO2. The van der Waals surface area contributed by atoms with E-state index in [0.717, 1.165) is 24.8 Å². The number of hydrogen-bond donors (Lipinski definition) is 1. The Hall–Kier alpha value is -1.77. The second-order valence-corrected chi connectivity index (χ2v) is 4.56. The Labute approximate surface area is 99.7 Å². The van der Waals surface area contributed by atoms with Gasteiger partial charge in [-0.15, -0.1) is 0 Å². The number of benzene rings is 1. The number of fused-ring (bicyclic) bond motifs is 3. The fraction of sp³-hybridized carbons (Fsp3) is 0.357. The van der Waals surface area contributed by atoms with Gasteiger partial charge in [0.15, 0.2) is 0 Å². The molecule has 1 aliphatic rings. The van der Waals surface area contributed by atoms with Gasteiger partial charge in [0.1, 0.15) is 0 Å². The summed E-state index contributed by atoms with van der Waals surface area (Å²) in [6.07, 6.45) is 3.40. The highest BCUT2D eigenvalue weighted by Gasteiger charge is 2.21.